The highest BCUT2D eigenvalue weighted by atomic mass is 35.5. The number of aromatic nitrogens is 1. The van der Waals surface area contributed by atoms with Gasteiger partial charge in [-0.05, 0) is 47.7 Å². The molecule has 3 aromatic carbocycles. The highest BCUT2D eigenvalue weighted by Crippen LogP contribution is 2.34. The molecule has 194 valence electrons. The number of rotatable bonds is 8. The third-order valence-corrected chi connectivity index (χ3v) is 8.10. The Morgan fingerprint density at radius 1 is 1.03 bits per heavy atom. The van der Waals surface area contributed by atoms with Crippen LogP contribution in [0.2, 0.25) is 5.02 Å². The van der Waals surface area contributed by atoms with Crippen LogP contribution in [0.15, 0.2) is 66.7 Å². The fourth-order valence-corrected chi connectivity index (χ4v) is 5.75. The van der Waals surface area contributed by atoms with Gasteiger partial charge in [0, 0.05) is 31.2 Å². The number of amides is 1. The van der Waals surface area contributed by atoms with Crippen molar-refractivity contribution in [3.8, 4) is 11.1 Å². The lowest BCUT2D eigenvalue weighted by atomic mass is 10.0. The Bertz CT molecular complexity index is 1320. The highest BCUT2D eigenvalue weighted by molar-refractivity contribution is 7.22. The molecule has 0 aliphatic carbocycles. The second-order valence-electron chi connectivity index (χ2n) is 9.11. The number of carbonyl (C=O) groups excluding carboxylic acids is 1. The molecule has 37 heavy (non-hydrogen) atoms. The van der Waals surface area contributed by atoms with E-state index in [0.717, 1.165) is 71.3 Å². The maximum atomic E-state index is 13.6. The molecule has 1 aliphatic heterocycles. The number of fused-ring (bicyclic) bond motifs is 1. The van der Waals surface area contributed by atoms with Gasteiger partial charge >= 0.3 is 0 Å². The van der Waals surface area contributed by atoms with Crippen molar-refractivity contribution in [3.63, 3.8) is 0 Å². The van der Waals surface area contributed by atoms with Gasteiger partial charge in [-0.2, -0.15) is 0 Å². The Hall–Kier alpha value is -2.48. The number of carbonyl (C=O) groups is 1. The minimum Gasteiger partial charge on any atom is -0.379 e. The summed E-state index contributed by atoms with van der Waals surface area (Å²) in [7, 11) is 0. The first kappa shape index (κ1) is 27.6. The normalized spacial score (nSPS) is 13.9. The van der Waals surface area contributed by atoms with Crippen LogP contribution in [0.1, 0.15) is 17.5 Å². The summed E-state index contributed by atoms with van der Waals surface area (Å²) in [5.41, 5.74) is 5.14. The lowest BCUT2D eigenvalue weighted by molar-refractivity contribution is -0.118. The van der Waals surface area contributed by atoms with E-state index in [2.05, 4.69) is 41.3 Å². The van der Waals surface area contributed by atoms with Gasteiger partial charge in [0.1, 0.15) is 0 Å². The number of thiazole rings is 1. The largest absolute Gasteiger partial charge is 0.379 e. The number of morpholine rings is 1. The number of halogens is 2. The Labute approximate surface area is 233 Å². The number of aryl methyl sites for hydroxylation is 1. The maximum Gasteiger partial charge on any atom is 0.233 e. The van der Waals surface area contributed by atoms with Crippen LogP contribution in [0.25, 0.3) is 21.3 Å². The number of anilines is 1. The molecule has 0 bridgehead atoms. The van der Waals surface area contributed by atoms with Gasteiger partial charge in [0.15, 0.2) is 5.13 Å². The smallest absolute Gasteiger partial charge is 0.233 e. The van der Waals surface area contributed by atoms with Gasteiger partial charge in [-0.1, -0.05) is 77.5 Å². The molecule has 0 unspecified atom stereocenters. The molecule has 0 saturated carbocycles. The minimum absolute atomic E-state index is 0. The molecular formula is C29H31Cl2N3O2S. The van der Waals surface area contributed by atoms with Crippen LogP contribution in [0.5, 0.6) is 0 Å². The second-order valence-corrected chi connectivity index (χ2v) is 10.5. The summed E-state index contributed by atoms with van der Waals surface area (Å²) in [6, 6.07) is 22.4. The molecule has 0 radical (unpaired) electrons. The zero-order valence-corrected chi connectivity index (χ0v) is 23.2. The third kappa shape index (κ3) is 6.70. The van der Waals surface area contributed by atoms with Crippen LogP contribution in [-0.4, -0.2) is 55.2 Å². The quantitative estimate of drug-likeness (QED) is 0.244. The number of benzene rings is 3. The monoisotopic (exact) mass is 555 g/mol. The zero-order valence-electron chi connectivity index (χ0n) is 20.9. The van der Waals surface area contributed by atoms with Gasteiger partial charge in [0.05, 0.1) is 29.9 Å². The molecule has 5 nitrogen and oxygen atoms in total. The van der Waals surface area contributed by atoms with Crippen LogP contribution in [0, 0.1) is 6.92 Å². The summed E-state index contributed by atoms with van der Waals surface area (Å²) in [5, 5.41) is 1.44. The molecule has 0 N–H and O–H groups in total. The Morgan fingerprint density at radius 3 is 2.46 bits per heavy atom. The number of ether oxygens (including phenoxy) is 1. The van der Waals surface area contributed by atoms with E-state index >= 15 is 0 Å². The van der Waals surface area contributed by atoms with Crippen LogP contribution in [0.4, 0.5) is 5.13 Å². The van der Waals surface area contributed by atoms with Crippen molar-refractivity contribution in [1.29, 1.82) is 0 Å². The Kier molecular flexibility index (Phi) is 9.57. The van der Waals surface area contributed by atoms with Crippen molar-refractivity contribution in [2.24, 2.45) is 0 Å². The Balaban J connectivity index is 0.00000320. The standard InChI is InChI=1S/C29H30ClN3O2S.ClH/c1-21-25(30)12-13-26-28(21)31-29(36-26)33(15-5-14-32-16-18-35-19-17-32)27(34)20-22-8-10-24(11-9-22)23-6-3-2-4-7-23;/h2-4,6-13H,5,14-20H2,1H3;1H. The van der Waals surface area contributed by atoms with Gasteiger partial charge in [-0.3, -0.25) is 14.6 Å². The molecule has 1 aliphatic rings. The molecule has 0 atom stereocenters. The number of hydrogen-bond donors (Lipinski definition) is 0. The van der Waals surface area contributed by atoms with E-state index in [9.17, 15) is 4.79 Å². The molecule has 1 amide bonds. The first-order chi connectivity index (χ1) is 17.6. The molecule has 4 aromatic rings. The average Bonchev–Trinajstić information content (AvgIpc) is 3.35. The zero-order chi connectivity index (χ0) is 24.9. The second kappa shape index (κ2) is 12.9. The summed E-state index contributed by atoms with van der Waals surface area (Å²) in [6.07, 6.45) is 1.22. The van der Waals surface area contributed by atoms with Crippen molar-refractivity contribution in [2.45, 2.75) is 19.8 Å². The van der Waals surface area contributed by atoms with E-state index in [-0.39, 0.29) is 18.3 Å². The summed E-state index contributed by atoms with van der Waals surface area (Å²) in [4.78, 5) is 22.7. The van der Waals surface area contributed by atoms with Crippen LogP contribution in [0.3, 0.4) is 0 Å². The lowest BCUT2D eigenvalue weighted by Crippen LogP contribution is -2.39. The van der Waals surface area contributed by atoms with E-state index in [1.807, 2.05) is 42.2 Å². The van der Waals surface area contributed by atoms with E-state index in [1.54, 1.807) is 11.3 Å². The SMILES string of the molecule is Cc1c(Cl)ccc2sc(N(CCCN3CCOCC3)C(=O)Cc3ccc(-c4ccccc4)cc3)nc12.Cl. The van der Waals surface area contributed by atoms with E-state index < -0.39 is 0 Å². The first-order valence-electron chi connectivity index (χ1n) is 12.4. The molecule has 1 aromatic heterocycles. The fraction of sp³-hybridized carbons (Fsp3) is 0.310. The topological polar surface area (TPSA) is 45.7 Å². The van der Waals surface area contributed by atoms with Crippen molar-refractivity contribution < 1.29 is 9.53 Å². The van der Waals surface area contributed by atoms with Crippen molar-refractivity contribution >= 4 is 56.6 Å². The van der Waals surface area contributed by atoms with Crippen LogP contribution >= 0.6 is 35.3 Å². The minimum atomic E-state index is 0. The summed E-state index contributed by atoms with van der Waals surface area (Å²) < 4.78 is 6.51. The van der Waals surface area contributed by atoms with Crippen molar-refractivity contribution in [2.75, 3.05) is 44.3 Å². The summed E-state index contributed by atoms with van der Waals surface area (Å²) in [6.45, 7) is 6.99. The van der Waals surface area contributed by atoms with Gasteiger partial charge in [-0.15, -0.1) is 12.4 Å². The molecule has 0 spiro atoms. The molecule has 5 rings (SSSR count). The first-order valence-corrected chi connectivity index (χ1v) is 13.6. The van der Waals surface area contributed by atoms with Gasteiger partial charge in [0.25, 0.3) is 0 Å². The highest BCUT2D eigenvalue weighted by Gasteiger charge is 2.22. The molecule has 2 heterocycles. The third-order valence-electron chi connectivity index (χ3n) is 6.64. The molecule has 8 heteroatoms. The predicted molar refractivity (Wildman–Crippen MR) is 156 cm³/mol. The molecule has 1 fully saturated rings. The molecular weight excluding hydrogens is 525 g/mol. The van der Waals surface area contributed by atoms with Gasteiger partial charge in [-0.25, -0.2) is 4.98 Å². The Morgan fingerprint density at radius 2 is 1.73 bits per heavy atom. The number of nitrogens with zero attached hydrogens (tertiary/aromatic N) is 3. The fourth-order valence-electron chi connectivity index (χ4n) is 4.52. The van der Waals surface area contributed by atoms with E-state index in [0.29, 0.717) is 18.0 Å². The predicted octanol–water partition coefficient (Wildman–Crippen LogP) is 6.64. The van der Waals surface area contributed by atoms with E-state index in [1.165, 1.54) is 5.56 Å². The van der Waals surface area contributed by atoms with Gasteiger partial charge < -0.3 is 4.74 Å². The average molecular weight is 557 g/mol. The van der Waals surface area contributed by atoms with Gasteiger partial charge in [0.2, 0.25) is 5.91 Å². The van der Waals surface area contributed by atoms with Crippen molar-refractivity contribution in [3.05, 3.63) is 82.9 Å². The lowest BCUT2D eigenvalue weighted by Gasteiger charge is -2.27. The van der Waals surface area contributed by atoms with Crippen LogP contribution in [-0.2, 0) is 16.0 Å². The summed E-state index contributed by atoms with van der Waals surface area (Å²) in [5.74, 6) is 0.0623. The molecule has 1 saturated heterocycles. The van der Waals surface area contributed by atoms with Crippen molar-refractivity contribution in [1.82, 2.24) is 9.88 Å². The van der Waals surface area contributed by atoms with E-state index in [4.69, 9.17) is 21.3 Å². The summed E-state index contributed by atoms with van der Waals surface area (Å²) >= 11 is 7.90. The van der Waals surface area contributed by atoms with Crippen LogP contribution < -0.4 is 4.90 Å². The maximum absolute atomic E-state index is 13.6. The number of hydrogen-bond acceptors (Lipinski definition) is 5.